The van der Waals surface area contributed by atoms with Crippen LogP contribution in [0.2, 0.25) is 0 Å². The maximum atomic E-state index is 12.7. The number of ether oxygens (including phenoxy) is 1. The number of amides is 2. The van der Waals surface area contributed by atoms with E-state index in [0.717, 1.165) is 11.3 Å². The molecular formula is C21H25N3O3. The average molecular weight is 367 g/mol. The summed E-state index contributed by atoms with van der Waals surface area (Å²) in [5.41, 5.74) is 2.46. The fraction of sp³-hybridized carbons (Fsp3) is 0.333. The van der Waals surface area contributed by atoms with E-state index in [-0.39, 0.29) is 11.8 Å². The van der Waals surface area contributed by atoms with Gasteiger partial charge in [-0.15, -0.1) is 0 Å². The van der Waals surface area contributed by atoms with Gasteiger partial charge >= 0.3 is 0 Å². The third kappa shape index (κ3) is 5.39. The lowest BCUT2D eigenvalue weighted by Gasteiger charge is -2.34. The standard InChI is InChI=1S/C21H25N3O3/c1-27-16-17-6-5-7-18(14-17)21(26)24-12-10-23(11-13-24)15-20(25)22-19-8-3-2-4-9-19/h2-9,14H,10-13,15-16H2,1H3,(H,22,25). The van der Waals surface area contributed by atoms with E-state index in [1.807, 2.05) is 59.5 Å². The van der Waals surface area contributed by atoms with E-state index in [1.165, 1.54) is 0 Å². The number of rotatable bonds is 6. The molecule has 6 nitrogen and oxygen atoms in total. The van der Waals surface area contributed by atoms with Crippen molar-refractivity contribution in [2.45, 2.75) is 6.61 Å². The van der Waals surface area contributed by atoms with Crippen molar-refractivity contribution in [3.05, 3.63) is 65.7 Å². The highest BCUT2D eigenvalue weighted by Crippen LogP contribution is 2.12. The number of hydrogen-bond donors (Lipinski definition) is 1. The van der Waals surface area contributed by atoms with Gasteiger partial charge in [-0.05, 0) is 29.8 Å². The quantitative estimate of drug-likeness (QED) is 0.851. The fourth-order valence-electron chi connectivity index (χ4n) is 3.18. The van der Waals surface area contributed by atoms with Gasteiger partial charge in [-0.3, -0.25) is 14.5 Å². The van der Waals surface area contributed by atoms with Crippen LogP contribution >= 0.6 is 0 Å². The van der Waals surface area contributed by atoms with E-state index < -0.39 is 0 Å². The highest BCUT2D eigenvalue weighted by Gasteiger charge is 2.23. The second-order valence-corrected chi connectivity index (χ2v) is 6.62. The number of benzene rings is 2. The maximum absolute atomic E-state index is 12.7. The number of hydrogen-bond acceptors (Lipinski definition) is 4. The van der Waals surface area contributed by atoms with Crippen LogP contribution in [0, 0.1) is 0 Å². The van der Waals surface area contributed by atoms with Crippen LogP contribution in [0.5, 0.6) is 0 Å². The van der Waals surface area contributed by atoms with Crippen molar-refractivity contribution in [3.8, 4) is 0 Å². The topological polar surface area (TPSA) is 61.9 Å². The molecule has 2 aromatic rings. The molecule has 6 heteroatoms. The van der Waals surface area contributed by atoms with Gasteiger partial charge in [0.05, 0.1) is 13.2 Å². The zero-order chi connectivity index (χ0) is 19.1. The molecule has 1 aliphatic rings. The van der Waals surface area contributed by atoms with Crippen molar-refractivity contribution in [3.63, 3.8) is 0 Å². The lowest BCUT2D eigenvalue weighted by Crippen LogP contribution is -2.50. The molecule has 0 aliphatic carbocycles. The summed E-state index contributed by atoms with van der Waals surface area (Å²) in [4.78, 5) is 28.8. The van der Waals surface area contributed by atoms with E-state index in [1.54, 1.807) is 7.11 Å². The number of carbonyl (C=O) groups excluding carboxylic acids is 2. The SMILES string of the molecule is COCc1cccc(C(=O)N2CCN(CC(=O)Nc3ccccc3)CC2)c1. The van der Waals surface area contributed by atoms with Crippen molar-refractivity contribution < 1.29 is 14.3 Å². The number of nitrogens with one attached hydrogen (secondary N) is 1. The fourth-order valence-corrected chi connectivity index (χ4v) is 3.18. The average Bonchev–Trinajstić information content (AvgIpc) is 2.69. The summed E-state index contributed by atoms with van der Waals surface area (Å²) in [6, 6.07) is 17.0. The van der Waals surface area contributed by atoms with Crippen LogP contribution in [-0.4, -0.2) is 61.4 Å². The molecule has 0 atom stereocenters. The van der Waals surface area contributed by atoms with Gasteiger partial charge < -0.3 is 15.0 Å². The van der Waals surface area contributed by atoms with Crippen LogP contribution in [-0.2, 0) is 16.1 Å². The Morgan fingerprint density at radius 1 is 1.00 bits per heavy atom. The summed E-state index contributed by atoms with van der Waals surface area (Å²) in [6.07, 6.45) is 0. The first-order chi connectivity index (χ1) is 13.2. The number of piperazine rings is 1. The number of nitrogens with zero attached hydrogens (tertiary/aromatic N) is 2. The molecule has 0 saturated carbocycles. The van der Waals surface area contributed by atoms with Crippen LogP contribution in [0.25, 0.3) is 0 Å². The van der Waals surface area contributed by atoms with Gasteiger partial charge in [0.25, 0.3) is 5.91 Å². The Morgan fingerprint density at radius 3 is 2.44 bits per heavy atom. The summed E-state index contributed by atoms with van der Waals surface area (Å²) < 4.78 is 5.13. The summed E-state index contributed by atoms with van der Waals surface area (Å²) in [5.74, 6) is -0.00502. The second-order valence-electron chi connectivity index (χ2n) is 6.62. The second kappa shape index (κ2) is 9.30. The zero-order valence-electron chi connectivity index (χ0n) is 15.6. The van der Waals surface area contributed by atoms with Crippen LogP contribution < -0.4 is 5.32 Å². The third-order valence-corrected chi connectivity index (χ3v) is 4.57. The molecule has 142 valence electrons. The molecule has 27 heavy (non-hydrogen) atoms. The van der Waals surface area contributed by atoms with Crippen molar-refractivity contribution in [1.82, 2.24) is 9.80 Å². The Balaban J connectivity index is 1.49. The van der Waals surface area contributed by atoms with E-state index in [9.17, 15) is 9.59 Å². The Kier molecular flexibility index (Phi) is 6.57. The lowest BCUT2D eigenvalue weighted by molar-refractivity contribution is -0.117. The normalized spacial score (nSPS) is 14.8. The molecule has 0 radical (unpaired) electrons. The predicted octanol–water partition coefficient (Wildman–Crippen LogP) is 2.23. The largest absolute Gasteiger partial charge is 0.380 e. The molecule has 1 aliphatic heterocycles. The van der Waals surface area contributed by atoms with Gasteiger partial charge in [-0.25, -0.2) is 0 Å². The van der Waals surface area contributed by atoms with Gasteiger partial charge in [0.2, 0.25) is 5.91 Å². The molecular weight excluding hydrogens is 342 g/mol. The molecule has 1 saturated heterocycles. The molecule has 1 heterocycles. The summed E-state index contributed by atoms with van der Waals surface area (Å²) in [7, 11) is 1.64. The highest BCUT2D eigenvalue weighted by molar-refractivity contribution is 5.94. The Morgan fingerprint density at radius 2 is 1.74 bits per heavy atom. The van der Waals surface area contributed by atoms with Crippen LogP contribution in [0.3, 0.4) is 0 Å². The van der Waals surface area contributed by atoms with Gasteiger partial charge in [0.1, 0.15) is 0 Å². The van der Waals surface area contributed by atoms with Crippen LogP contribution in [0.4, 0.5) is 5.69 Å². The van der Waals surface area contributed by atoms with Crippen molar-refractivity contribution in [1.29, 1.82) is 0 Å². The van der Waals surface area contributed by atoms with E-state index >= 15 is 0 Å². The number of anilines is 1. The molecule has 0 aromatic heterocycles. The van der Waals surface area contributed by atoms with E-state index in [2.05, 4.69) is 10.2 Å². The number of para-hydroxylation sites is 1. The van der Waals surface area contributed by atoms with Crippen molar-refractivity contribution >= 4 is 17.5 Å². The van der Waals surface area contributed by atoms with Crippen molar-refractivity contribution in [2.24, 2.45) is 0 Å². The van der Waals surface area contributed by atoms with Crippen LogP contribution in [0.1, 0.15) is 15.9 Å². The summed E-state index contributed by atoms with van der Waals surface area (Å²) >= 11 is 0. The van der Waals surface area contributed by atoms with Gasteiger partial charge in [-0.2, -0.15) is 0 Å². The van der Waals surface area contributed by atoms with Crippen LogP contribution in [0.15, 0.2) is 54.6 Å². The Labute approximate surface area is 159 Å². The minimum absolute atomic E-state index is 0.0290. The minimum atomic E-state index is -0.0340. The lowest BCUT2D eigenvalue weighted by atomic mass is 10.1. The number of methoxy groups -OCH3 is 1. The summed E-state index contributed by atoms with van der Waals surface area (Å²) in [6.45, 7) is 3.43. The van der Waals surface area contributed by atoms with Gasteiger partial charge in [0, 0.05) is 44.5 Å². The molecule has 2 amide bonds. The first-order valence-electron chi connectivity index (χ1n) is 9.10. The first-order valence-corrected chi connectivity index (χ1v) is 9.10. The number of carbonyl (C=O) groups is 2. The molecule has 0 bridgehead atoms. The van der Waals surface area contributed by atoms with E-state index in [0.29, 0.717) is 44.9 Å². The summed E-state index contributed by atoms with van der Waals surface area (Å²) in [5, 5.41) is 2.89. The highest BCUT2D eigenvalue weighted by atomic mass is 16.5. The molecule has 0 unspecified atom stereocenters. The Hall–Kier alpha value is -2.70. The van der Waals surface area contributed by atoms with Gasteiger partial charge in [-0.1, -0.05) is 30.3 Å². The van der Waals surface area contributed by atoms with Gasteiger partial charge in [0.15, 0.2) is 0 Å². The molecule has 2 aromatic carbocycles. The van der Waals surface area contributed by atoms with E-state index in [4.69, 9.17) is 4.74 Å². The monoisotopic (exact) mass is 367 g/mol. The Bertz CT molecular complexity index is 771. The molecule has 0 spiro atoms. The molecule has 1 fully saturated rings. The smallest absolute Gasteiger partial charge is 0.253 e. The maximum Gasteiger partial charge on any atom is 0.253 e. The molecule has 3 rings (SSSR count). The first kappa shape index (κ1) is 19.1. The van der Waals surface area contributed by atoms with Crippen molar-refractivity contribution in [2.75, 3.05) is 45.2 Å². The predicted molar refractivity (Wildman–Crippen MR) is 105 cm³/mol. The minimum Gasteiger partial charge on any atom is -0.380 e. The molecule has 1 N–H and O–H groups in total. The zero-order valence-corrected chi connectivity index (χ0v) is 15.6. The third-order valence-electron chi connectivity index (χ3n) is 4.57.